The number of hydrazine groups is 1. The third-order valence-electron chi connectivity index (χ3n) is 4.74. The van der Waals surface area contributed by atoms with Gasteiger partial charge in [0.25, 0.3) is 5.91 Å². The molecule has 0 bridgehead atoms. The molecule has 0 spiro atoms. The Morgan fingerprint density at radius 2 is 1.93 bits per heavy atom. The van der Waals surface area contributed by atoms with E-state index in [9.17, 15) is 4.79 Å². The van der Waals surface area contributed by atoms with Gasteiger partial charge in [0.1, 0.15) is 17.2 Å². The molecule has 1 amide bonds. The summed E-state index contributed by atoms with van der Waals surface area (Å²) in [6.45, 7) is 0. The van der Waals surface area contributed by atoms with Crippen LogP contribution in [-0.4, -0.2) is 48.4 Å². The molecule has 0 radical (unpaired) electrons. The van der Waals surface area contributed by atoms with Crippen molar-refractivity contribution in [1.82, 2.24) is 30.0 Å². The number of carbonyl (C=O) groups excluding carboxylic acids is 1. The number of fused-ring (bicyclic) bond motifs is 3. The minimum Gasteiger partial charge on any atom is -0.497 e. The summed E-state index contributed by atoms with van der Waals surface area (Å²) in [6, 6.07) is 14.5. The number of benzene rings is 2. The SMILES string of the molecule is COc1ccc(C2C(Cl)C(=O)N2Nc2nc3ccccc3n3nnnc23)cc1. The van der Waals surface area contributed by atoms with Crippen LogP contribution in [0, 0.1) is 0 Å². The summed E-state index contributed by atoms with van der Waals surface area (Å²) < 4.78 is 6.77. The van der Waals surface area contributed by atoms with Crippen LogP contribution in [0.4, 0.5) is 5.82 Å². The fourth-order valence-corrected chi connectivity index (χ4v) is 3.66. The Hall–Kier alpha value is -3.46. The number of methoxy groups -OCH3 is 1. The van der Waals surface area contributed by atoms with Crippen molar-refractivity contribution in [3.05, 3.63) is 54.1 Å². The number of aromatic nitrogens is 5. The molecule has 0 aliphatic carbocycles. The topological polar surface area (TPSA) is 97.5 Å². The van der Waals surface area contributed by atoms with Gasteiger partial charge in [0.05, 0.1) is 18.1 Å². The normalized spacial score (nSPS) is 19.1. The van der Waals surface area contributed by atoms with Crippen molar-refractivity contribution < 1.29 is 9.53 Å². The standard InChI is InChI=1S/C18H14ClN7O2/c1-28-11-8-6-10(7-9-11)15-14(19)18(27)26(15)22-16-17-21-23-24-25(17)13-5-3-2-4-12(13)20-16/h2-9,14-15H,1H3,(H,20,22). The first-order valence-corrected chi connectivity index (χ1v) is 8.95. The molecule has 1 N–H and O–H groups in total. The van der Waals surface area contributed by atoms with E-state index in [2.05, 4.69) is 25.9 Å². The van der Waals surface area contributed by atoms with E-state index < -0.39 is 5.38 Å². The maximum absolute atomic E-state index is 12.4. The highest BCUT2D eigenvalue weighted by molar-refractivity contribution is 6.33. The highest BCUT2D eigenvalue weighted by Crippen LogP contribution is 2.39. The van der Waals surface area contributed by atoms with Gasteiger partial charge in [-0.15, -0.1) is 16.7 Å². The first kappa shape index (κ1) is 16.7. The molecular formula is C18H14ClN7O2. The van der Waals surface area contributed by atoms with Crippen LogP contribution in [0.2, 0.25) is 0 Å². The van der Waals surface area contributed by atoms with Crippen molar-refractivity contribution in [2.24, 2.45) is 0 Å². The molecule has 1 fully saturated rings. The van der Waals surface area contributed by atoms with Crippen LogP contribution in [0.5, 0.6) is 5.75 Å². The van der Waals surface area contributed by atoms with Gasteiger partial charge in [-0.1, -0.05) is 24.3 Å². The van der Waals surface area contributed by atoms with Gasteiger partial charge in [-0.25, -0.2) is 9.99 Å². The molecule has 1 aliphatic rings. The molecule has 4 aromatic rings. The smallest absolute Gasteiger partial charge is 0.262 e. The Balaban J connectivity index is 1.53. The molecule has 0 saturated carbocycles. The highest BCUT2D eigenvalue weighted by atomic mass is 35.5. The van der Waals surface area contributed by atoms with Crippen molar-refractivity contribution in [2.75, 3.05) is 12.5 Å². The monoisotopic (exact) mass is 395 g/mol. The van der Waals surface area contributed by atoms with Crippen molar-refractivity contribution >= 4 is 40.0 Å². The van der Waals surface area contributed by atoms with Gasteiger partial charge in [-0.3, -0.25) is 10.2 Å². The Kier molecular flexibility index (Phi) is 3.76. The number of anilines is 1. The van der Waals surface area contributed by atoms with Crippen LogP contribution < -0.4 is 10.2 Å². The first-order chi connectivity index (χ1) is 13.7. The Labute approximate surface area is 163 Å². The molecule has 2 atom stereocenters. The number of hydrogen-bond acceptors (Lipinski definition) is 7. The van der Waals surface area contributed by atoms with Crippen LogP contribution in [0.1, 0.15) is 11.6 Å². The van der Waals surface area contributed by atoms with Gasteiger partial charge in [-0.2, -0.15) is 4.52 Å². The van der Waals surface area contributed by atoms with E-state index in [0.717, 1.165) is 16.8 Å². The number of nitrogens with zero attached hydrogens (tertiary/aromatic N) is 6. The van der Waals surface area contributed by atoms with E-state index in [4.69, 9.17) is 16.3 Å². The summed E-state index contributed by atoms with van der Waals surface area (Å²) in [5, 5.41) is 12.6. The summed E-state index contributed by atoms with van der Waals surface area (Å²) in [5.41, 5.74) is 5.81. The average Bonchev–Trinajstić information content (AvgIpc) is 3.24. The quantitative estimate of drug-likeness (QED) is 0.418. The second kappa shape index (κ2) is 6.31. The molecule has 1 saturated heterocycles. The summed E-state index contributed by atoms with van der Waals surface area (Å²) >= 11 is 6.30. The van der Waals surface area contributed by atoms with Crippen molar-refractivity contribution in [2.45, 2.75) is 11.4 Å². The summed E-state index contributed by atoms with van der Waals surface area (Å²) in [5.74, 6) is 0.856. The number of halogens is 1. The number of β-lactam (4-membered cyclic amide) rings is 1. The van der Waals surface area contributed by atoms with Gasteiger partial charge in [-0.05, 0) is 40.3 Å². The number of nitrogens with one attached hydrogen (secondary N) is 1. The van der Waals surface area contributed by atoms with Gasteiger partial charge < -0.3 is 4.74 Å². The van der Waals surface area contributed by atoms with E-state index in [-0.39, 0.29) is 11.9 Å². The van der Waals surface area contributed by atoms with Crippen LogP contribution >= 0.6 is 11.6 Å². The maximum atomic E-state index is 12.4. The molecule has 2 aromatic carbocycles. The summed E-state index contributed by atoms with van der Waals surface area (Å²) in [6.07, 6.45) is 0. The zero-order valence-corrected chi connectivity index (χ0v) is 15.4. The summed E-state index contributed by atoms with van der Waals surface area (Å²) in [7, 11) is 1.60. The lowest BCUT2D eigenvalue weighted by Crippen LogP contribution is -2.58. The zero-order chi connectivity index (χ0) is 19.3. The largest absolute Gasteiger partial charge is 0.497 e. The molecule has 28 heavy (non-hydrogen) atoms. The number of rotatable bonds is 4. The number of amides is 1. The van der Waals surface area contributed by atoms with Gasteiger partial charge in [0.15, 0.2) is 5.82 Å². The minimum absolute atomic E-state index is 0.247. The van der Waals surface area contributed by atoms with Gasteiger partial charge in [0.2, 0.25) is 5.65 Å². The number of hydrogen-bond donors (Lipinski definition) is 1. The number of para-hydroxylation sites is 2. The third kappa shape index (κ3) is 2.43. The highest BCUT2D eigenvalue weighted by Gasteiger charge is 2.48. The number of tetrazole rings is 1. The van der Waals surface area contributed by atoms with Crippen molar-refractivity contribution in [3.63, 3.8) is 0 Å². The zero-order valence-electron chi connectivity index (χ0n) is 14.7. The summed E-state index contributed by atoms with van der Waals surface area (Å²) in [4.78, 5) is 17.0. The van der Waals surface area contributed by atoms with Gasteiger partial charge >= 0.3 is 0 Å². The van der Waals surface area contributed by atoms with Crippen LogP contribution in [0.15, 0.2) is 48.5 Å². The second-order valence-corrected chi connectivity index (χ2v) is 6.77. The molecule has 2 aromatic heterocycles. The maximum Gasteiger partial charge on any atom is 0.262 e. The first-order valence-electron chi connectivity index (χ1n) is 8.52. The molecule has 2 unspecified atom stereocenters. The van der Waals surface area contributed by atoms with E-state index >= 15 is 0 Å². The fourth-order valence-electron chi connectivity index (χ4n) is 3.29. The average molecular weight is 396 g/mol. The lowest BCUT2D eigenvalue weighted by atomic mass is 9.95. The molecule has 3 heterocycles. The molecule has 1 aliphatic heterocycles. The Bertz CT molecular complexity index is 1190. The van der Waals surface area contributed by atoms with E-state index in [0.29, 0.717) is 17.0 Å². The number of carbonyl (C=O) groups is 1. The minimum atomic E-state index is -0.673. The lowest BCUT2D eigenvalue weighted by Gasteiger charge is -2.44. The van der Waals surface area contributed by atoms with Crippen molar-refractivity contribution in [1.29, 1.82) is 0 Å². The molecule has 140 valence electrons. The molecule has 9 nitrogen and oxygen atoms in total. The van der Waals surface area contributed by atoms with Gasteiger partial charge in [0, 0.05) is 0 Å². The van der Waals surface area contributed by atoms with E-state index in [1.807, 2.05) is 48.5 Å². The lowest BCUT2D eigenvalue weighted by molar-refractivity contribution is -0.143. The van der Waals surface area contributed by atoms with Crippen LogP contribution in [-0.2, 0) is 4.79 Å². The molecule has 10 heteroatoms. The fraction of sp³-hybridized carbons (Fsp3) is 0.167. The molecule has 5 rings (SSSR count). The van der Waals surface area contributed by atoms with Crippen LogP contribution in [0.3, 0.4) is 0 Å². The van der Waals surface area contributed by atoms with E-state index in [1.54, 1.807) is 11.6 Å². The number of ether oxygens (including phenoxy) is 1. The van der Waals surface area contributed by atoms with Crippen molar-refractivity contribution in [3.8, 4) is 5.75 Å². The third-order valence-corrected chi connectivity index (χ3v) is 5.16. The predicted molar refractivity (Wildman–Crippen MR) is 102 cm³/mol. The number of alkyl halides is 1. The molecular weight excluding hydrogens is 382 g/mol. The Morgan fingerprint density at radius 3 is 2.71 bits per heavy atom. The van der Waals surface area contributed by atoms with E-state index in [1.165, 1.54) is 5.01 Å². The van der Waals surface area contributed by atoms with Crippen LogP contribution in [0.25, 0.3) is 16.7 Å². The Morgan fingerprint density at radius 1 is 1.14 bits per heavy atom. The second-order valence-electron chi connectivity index (χ2n) is 6.30. The predicted octanol–water partition coefficient (Wildman–Crippen LogP) is 2.20.